The maximum absolute atomic E-state index is 13.3. The number of rotatable bonds is 3. The number of carbonyl (C=O) groups is 2. The molecule has 1 aliphatic heterocycles. The molecule has 1 saturated heterocycles. The lowest BCUT2D eigenvalue weighted by Gasteiger charge is -2.60. The molecular weight excluding hydrogens is 480 g/mol. The Hall–Kier alpha value is -1.47. The molecule has 1 heterocycles. The van der Waals surface area contributed by atoms with E-state index in [0.717, 1.165) is 24.8 Å². The highest BCUT2D eigenvalue weighted by atomic mass is 35.5. The number of esters is 1. The van der Waals surface area contributed by atoms with Crippen molar-refractivity contribution >= 4 is 23.4 Å². The first kappa shape index (κ1) is 26.1. The van der Waals surface area contributed by atoms with Gasteiger partial charge < -0.3 is 19.7 Å². The van der Waals surface area contributed by atoms with Gasteiger partial charge >= 0.3 is 5.97 Å². The van der Waals surface area contributed by atoms with Gasteiger partial charge in [0.1, 0.15) is 11.7 Å². The molecule has 5 rings (SSSR count). The van der Waals surface area contributed by atoms with Crippen LogP contribution in [0.4, 0.5) is 0 Å². The van der Waals surface area contributed by atoms with E-state index < -0.39 is 22.5 Å². The fourth-order valence-corrected chi connectivity index (χ4v) is 9.04. The van der Waals surface area contributed by atoms with E-state index in [2.05, 4.69) is 13.8 Å². The molecule has 198 valence electrons. The Labute approximate surface area is 218 Å². The number of alkyl halides is 1. The Bertz CT molecular complexity index is 1090. The Kier molecular flexibility index (Phi) is 6.19. The number of carbonyl (C=O) groups excluding carboxylic acids is 2. The lowest BCUT2D eigenvalue weighted by molar-refractivity contribution is -0.197. The average molecular weight is 519 g/mol. The number of halogens is 1. The lowest BCUT2D eigenvalue weighted by atomic mass is 9.46. The second kappa shape index (κ2) is 8.52. The van der Waals surface area contributed by atoms with Gasteiger partial charge in [-0.1, -0.05) is 30.6 Å². The summed E-state index contributed by atoms with van der Waals surface area (Å²) in [6.45, 7) is 10.2. The average Bonchev–Trinajstić information content (AvgIpc) is 3.27. The summed E-state index contributed by atoms with van der Waals surface area (Å²) in [6, 6.07) is 0. The van der Waals surface area contributed by atoms with Crippen LogP contribution in [0.15, 0.2) is 34.4 Å². The molecule has 0 aromatic carbocycles. The molecule has 6 nitrogen and oxygen atoms in total. The van der Waals surface area contributed by atoms with E-state index in [4.69, 9.17) is 21.1 Å². The number of ether oxygens (including phenoxy) is 2. The van der Waals surface area contributed by atoms with Crippen LogP contribution in [0.25, 0.3) is 0 Å². The van der Waals surface area contributed by atoms with Crippen LogP contribution < -0.4 is 0 Å². The summed E-state index contributed by atoms with van der Waals surface area (Å²) in [4.78, 5) is 25.3. The molecule has 0 bridgehead atoms. The van der Waals surface area contributed by atoms with Gasteiger partial charge in [0.2, 0.25) is 0 Å². The molecule has 4 aliphatic carbocycles. The monoisotopic (exact) mass is 518 g/mol. The van der Waals surface area contributed by atoms with Crippen LogP contribution in [0.5, 0.6) is 0 Å². The van der Waals surface area contributed by atoms with E-state index in [1.54, 1.807) is 6.92 Å². The maximum atomic E-state index is 13.3. The van der Waals surface area contributed by atoms with Crippen molar-refractivity contribution in [3.63, 3.8) is 0 Å². The number of hydrogen-bond donors (Lipinski definition) is 2. The summed E-state index contributed by atoms with van der Waals surface area (Å²) in [5.74, 6) is -0.173. The largest absolute Gasteiger partial charge is 0.466 e. The van der Waals surface area contributed by atoms with E-state index in [9.17, 15) is 19.8 Å². The first-order chi connectivity index (χ1) is 16.8. The van der Waals surface area contributed by atoms with Crippen LogP contribution in [0.1, 0.15) is 66.7 Å². The summed E-state index contributed by atoms with van der Waals surface area (Å²) < 4.78 is 11.6. The molecule has 1 saturated carbocycles. The number of fused-ring (bicyclic) bond motifs is 6. The normalized spacial score (nSPS) is 48.1. The molecule has 5 aliphatic rings. The predicted molar refractivity (Wildman–Crippen MR) is 136 cm³/mol. The van der Waals surface area contributed by atoms with Gasteiger partial charge in [0.15, 0.2) is 5.78 Å². The van der Waals surface area contributed by atoms with Crippen molar-refractivity contribution in [2.24, 2.45) is 28.6 Å². The quantitative estimate of drug-likeness (QED) is 0.251. The first-order valence-corrected chi connectivity index (χ1v) is 13.7. The van der Waals surface area contributed by atoms with Gasteiger partial charge in [-0.05, 0) is 82.8 Å². The Balaban J connectivity index is 1.46. The third-order valence-corrected chi connectivity index (χ3v) is 11.6. The fourth-order valence-electron chi connectivity index (χ4n) is 8.50. The van der Waals surface area contributed by atoms with Crippen molar-refractivity contribution in [2.45, 2.75) is 96.0 Å². The van der Waals surface area contributed by atoms with Gasteiger partial charge in [0.25, 0.3) is 0 Å². The van der Waals surface area contributed by atoms with Gasteiger partial charge in [-0.15, -0.1) is 11.6 Å². The van der Waals surface area contributed by atoms with E-state index in [-0.39, 0.29) is 47.1 Å². The molecule has 36 heavy (non-hydrogen) atoms. The minimum atomic E-state index is -1.67. The van der Waals surface area contributed by atoms with Crippen LogP contribution in [0.2, 0.25) is 0 Å². The number of ketones is 1. The van der Waals surface area contributed by atoms with Gasteiger partial charge in [-0.2, -0.15) is 0 Å². The van der Waals surface area contributed by atoms with Gasteiger partial charge in [0, 0.05) is 11.0 Å². The number of allylic oxidation sites excluding steroid dienone is 1. The van der Waals surface area contributed by atoms with Crippen LogP contribution in [-0.4, -0.2) is 58.4 Å². The maximum Gasteiger partial charge on any atom is 0.333 e. The molecule has 10 unspecified atom stereocenters. The molecule has 10 atom stereocenters. The minimum absolute atomic E-state index is 0.0151. The van der Waals surface area contributed by atoms with Crippen molar-refractivity contribution < 1.29 is 29.3 Å². The summed E-state index contributed by atoms with van der Waals surface area (Å²) in [5.41, 5.74) is 1.51. The number of methoxy groups -OCH3 is 1. The zero-order chi connectivity index (χ0) is 26.4. The van der Waals surface area contributed by atoms with Crippen molar-refractivity contribution in [3.8, 4) is 0 Å². The second-order valence-corrected chi connectivity index (χ2v) is 12.7. The number of aliphatic hydroxyl groups is 2. The zero-order valence-electron chi connectivity index (χ0n) is 22.1. The van der Waals surface area contributed by atoms with Crippen molar-refractivity contribution in [1.29, 1.82) is 0 Å². The summed E-state index contributed by atoms with van der Waals surface area (Å²) in [6.07, 6.45) is 5.38. The Morgan fingerprint density at radius 3 is 2.67 bits per heavy atom. The molecule has 2 fully saturated rings. The van der Waals surface area contributed by atoms with Crippen molar-refractivity contribution in [1.82, 2.24) is 0 Å². The van der Waals surface area contributed by atoms with E-state index >= 15 is 0 Å². The molecular formula is C29H39ClO6. The van der Waals surface area contributed by atoms with E-state index in [1.807, 2.05) is 13.8 Å². The Morgan fingerprint density at radius 1 is 1.31 bits per heavy atom. The Morgan fingerprint density at radius 2 is 2.00 bits per heavy atom. The van der Waals surface area contributed by atoms with Crippen molar-refractivity contribution in [3.05, 3.63) is 34.4 Å². The summed E-state index contributed by atoms with van der Waals surface area (Å²) in [5, 5.41) is 21.7. The minimum Gasteiger partial charge on any atom is -0.466 e. The van der Waals surface area contributed by atoms with Crippen LogP contribution in [0.3, 0.4) is 0 Å². The first-order valence-electron chi connectivity index (χ1n) is 13.2. The molecule has 0 radical (unpaired) electrons. The van der Waals surface area contributed by atoms with Gasteiger partial charge in [0.05, 0.1) is 30.1 Å². The molecule has 0 aromatic rings. The zero-order valence-corrected chi connectivity index (χ0v) is 22.9. The highest BCUT2D eigenvalue weighted by molar-refractivity contribution is 6.22. The smallest absolute Gasteiger partial charge is 0.333 e. The van der Waals surface area contributed by atoms with Crippen molar-refractivity contribution in [2.75, 3.05) is 7.11 Å². The predicted octanol–water partition coefficient (Wildman–Crippen LogP) is 4.27. The topological polar surface area (TPSA) is 93.1 Å². The fraction of sp³-hybridized carbons (Fsp3) is 0.724. The van der Waals surface area contributed by atoms with Gasteiger partial charge in [-0.3, -0.25) is 4.79 Å². The SMILES string of the molecule is COC(=O)C(C)=C(C)CC1OC2CC3=C(CCC4C3CC(Cl)C3(O)C(O)C=CC(=O)C43C)C2(C)C1C. The summed E-state index contributed by atoms with van der Waals surface area (Å²) >= 11 is 6.83. The third-order valence-electron chi connectivity index (χ3n) is 11.1. The molecule has 0 spiro atoms. The standard InChI is InChI=1S/C29H39ClO6/c1-14(15(2)26(33)35-6)11-21-16(3)27(4)19-7-8-20-17(18(19)13-25(27)36-21)12-22(30)29(34)24(32)10-9-23(31)28(20,29)5/h9-10,16-17,20-22,24-25,32,34H,7-8,11-13H2,1-6H3. The summed E-state index contributed by atoms with van der Waals surface area (Å²) in [7, 11) is 1.40. The van der Waals surface area contributed by atoms with E-state index in [1.165, 1.54) is 30.4 Å². The molecule has 7 heteroatoms. The highest BCUT2D eigenvalue weighted by Crippen LogP contribution is 2.67. The van der Waals surface area contributed by atoms with Crippen LogP contribution >= 0.6 is 11.6 Å². The van der Waals surface area contributed by atoms with Gasteiger partial charge in [-0.25, -0.2) is 4.79 Å². The number of hydrogen-bond acceptors (Lipinski definition) is 6. The van der Waals surface area contributed by atoms with Crippen LogP contribution in [0, 0.1) is 28.6 Å². The molecule has 0 amide bonds. The molecule has 0 aromatic heterocycles. The van der Waals surface area contributed by atoms with Crippen LogP contribution in [-0.2, 0) is 19.1 Å². The molecule has 2 N–H and O–H groups in total. The van der Waals surface area contributed by atoms with E-state index in [0.29, 0.717) is 18.4 Å². The number of aliphatic hydroxyl groups excluding tert-OH is 1. The third kappa shape index (κ3) is 3.14. The highest BCUT2D eigenvalue weighted by Gasteiger charge is 2.70. The second-order valence-electron chi connectivity index (χ2n) is 12.2. The lowest BCUT2D eigenvalue weighted by Crippen LogP contribution is -2.71.